The topological polar surface area (TPSA) is 57.0 Å². The van der Waals surface area contributed by atoms with E-state index >= 15 is 0 Å². The molecule has 0 atom stereocenters. The summed E-state index contributed by atoms with van der Waals surface area (Å²) in [6.07, 6.45) is 0. The summed E-state index contributed by atoms with van der Waals surface area (Å²) in [6, 6.07) is 7.85. The number of benzene rings is 1. The summed E-state index contributed by atoms with van der Waals surface area (Å²) in [5.74, 6) is 0.243. The largest absolute Gasteiger partial charge is 0.460 e. The number of carbonyl (C=O) groups is 1. The van der Waals surface area contributed by atoms with Crippen molar-refractivity contribution in [2.24, 2.45) is 7.05 Å². The van der Waals surface area contributed by atoms with Crippen LogP contribution < -0.4 is 0 Å². The standard InChI is InChI=1S/C12H12IN3O2/c1-3-18-12(17)10-14-11(16(2)15-10)8-4-6-9(13)7-5-8/h4-7H,3H2,1-2H3. The van der Waals surface area contributed by atoms with E-state index in [0.29, 0.717) is 12.4 Å². The number of ether oxygens (including phenoxy) is 1. The molecule has 0 radical (unpaired) electrons. The second kappa shape index (κ2) is 5.47. The van der Waals surface area contributed by atoms with E-state index in [2.05, 4.69) is 32.7 Å². The Hall–Kier alpha value is -1.44. The van der Waals surface area contributed by atoms with Crippen LogP contribution >= 0.6 is 22.6 Å². The molecule has 0 aliphatic carbocycles. The third kappa shape index (κ3) is 2.69. The molecule has 1 heterocycles. The maximum Gasteiger partial charge on any atom is 0.378 e. The molecule has 0 fully saturated rings. The minimum absolute atomic E-state index is 0.0906. The van der Waals surface area contributed by atoms with Crippen LogP contribution in [0.25, 0.3) is 11.4 Å². The van der Waals surface area contributed by atoms with Gasteiger partial charge in [0.25, 0.3) is 5.82 Å². The third-order valence-electron chi connectivity index (χ3n) is 2.32. The van der Waals surface area contributed by atoms with E-state index in [4.69, 9.17) is 4.74 Å². The number of aromatic nitrogens is 3. The first-order chi connectivity index (χ1) is 8.61. The molecule has 0 bridgehead atoms. The van der Waals surface area contributed by atoms with Crippen LogP contribution in [0.2, 0.25) is 0 Å². The number of halogens is 1. The van der Waals surface area contributed by atoms with Gasteiger partial charge >= 0.3 is 5.97 Å². The normalized spacial score (nSPS) is 10.4. The molecular formula is C12H12IN3O2. The van der Waals surface area contributed by atoms with Crippen molar-refractivity contribution >= 4 is 28.6 Å². The monoisotopic (exact) mass is 357 g/mol. The lowest BCUT2D eigenvalue weighted by Crippen LogP contribution is -2.07. The van der Waals surface area contributed by atoms with Gasteiger partial charge in [0.2, 0.25) is 0 Å². The predicted octanol–water partition coefficient (Wildman–Crippen LogP) is 2.26. The van der Waals surface area contributed by atoms with E-state index in [1.165, 1.54) is 0 Å². The summed E-state index contributed by atoms with van der Waals surface area (Å²) in [5, 5.41) is 4.06. The van der Waals surface area contributed by atoms with Gasteiger partial charge in [0.1, 0.15) is 0 Å². The minimum atomic E-state index is -0.495. The fraction of sp³-hybridized carbons (Fsp3) is 0.250. The number of hydrogen-bond acceptors (Lipinski definition) is 4. The van der Waals surface area contributed by atoms with Crippen molar-refractivity contribution < 1.29 is 9.53 Å². The molecule has 18 heavy (non-hydrogen) atoms. The molecule has 0 aliphatic rings. The molecule has 94 valence electrons. The van der Waals surface area contributed by atoms with Gasteiger partial charge in [-0.1, -0.05) is 12.1 Å². The highest BCUT2D eigenvalue weighted by molar-refractivity contribution is 14.1. The molecule has 0 spiro atoms. The van der Waals surface area contributed by atoms with Crippen molar-refractivity contribution in [2.75, 3.05) is 6.61 Å². The molecule has 0 unspecified atom stereocenters. The molecule has 2 aromatic rings. The fourth-order valence-corrected chi connectivity index (χ4v) is 1.88. The van der Waals surface area contributed by atoms with Gasteiger partial charge in [-0.3, -0.25) is 0 Å². The summed E-state index contributed by atoms with van der Waals surface area (Å²) in [7, 11) is 1.75. The van der Waals surface area contributed by atoms with Gasteiger partial charge in [0.05, 0.1) is 6.61 Å². The lowest BCUT2D eigenvalue weighted by atomic mass is 10.2. The van der Waals surface area contributed by atoms with Crippen molar-refractivity contribution in [3.63, 3.8) is 0 Å². The Morgan fingerprint density at radius 3 is 2.67 bits per heavy atom. The van der Waals surface area contributed by atoms with E-state index in [9.17, 15) is 4.79 Å². The molecule has 0 saturated carbocycles. The van der Waals surface area contributed by atoms with Gasteiger partial charge in [0, 0.05) is 16.2 Å². The van der Waals surface area contributed by atoms with Crippen molar-refractivity contribution in [1.82, 2.24) is 14.8 Å². The Morgan fingerprint density at radius 1 is 1.39 bits per heavy atom. The number of carbonyl (C=O) groups excluding carboxylic acids is 1. The Kier molecular flexibility index (Phi) is 3.95. The van der Waals surface area contributed by atoms with Crippen molar-refractivity contribution in [3.8, 4) is 11.4 Å². The maximum absolute atomic E-state index is 11.5. The van der Waals surface area contributed by atoms with Crippen molar-refractivity contribution in [2.45, 2.75) is 6.92 Å². The van der Waals surface area contributed by atoms with Gasteiger partial charge in [-0.2, -0.15) is 0 Å². The predicted molar refractivity (Wildman–Crippen MR) is 75.1 cm³/mol. The van der Waals surface area contributed by atoms with Crippen LogP contribution in [0.15, 0.2) is 24.3 Å². The van der Waals surface area contributed by atoms with Gasteiger partial charge in [-0.25, -0.2) is 14.5 Å². The first-order valence-corrected chi connectivity index (χ1v) is 6.53. The van der Waals surface area contributed by atoms with E-state index in [1.54, 1.807) is 18.7 Å². The number of aryl methyl sites for hydroxylation is 1. The minimum Gasteiger partial charge on any atom is -0.460 e. The zero-order valence-corrected chi connectivity index (χ0v) is 12.2. The molecule has 1 aromatic carbocycles. The first kappa shape index (κ1) is 13.0. The highest BCUT2D eigenvalue weighted by Crippen LogP contribution is 2.18. The fourth-order valence-electron chi connectivity index (χ4n) is 1.52. The number of hydrogen-bond donors (Lipinski definition) is 0. The quantitative estimate of drug-likeness (QED) is 0.625. The third-order valence-corrected chi connectivity index (χ3v) is 3.04. The summed E-state index contributed by atoms with van der Waals surface area (Å²) in [4.78, 5) is 15.7. The smallest absolute Gasteiger partial charge is 0.378 e. The molecule has 5 nitrogen and oxygen atoms in total. The van der Waals surface area contributed by atoms with E-state index in [1.807, 2.05) is 24.3 Å². The lowest BCUT2D eigenvalue weighted by Gasteiger charge is -1.99. The zero-order valence-electron chi connectivity index (χ0n) is 10.1. The van der Waals surface area contributed by atoms with Gasteiger partial charge in [0.15, 0.2) is 5.82 Å². The summed E-state index contributed by atoms with van der Waals surface area (Å²) >= 11 is 2.23. The highest BCUT2D eigenvalue weighted by atomic mass is 127. The van der Waals surface area contributed by atoms with Gasteiger partial charge in [-0.15, -0.1) is 5.10 Å². The summed E-state index contributed by atoms with van der Waals surface area (Å²) < 4.78 is 7.59. The second-order valence-electron chi connectivity index (χ2n) is 3.61. The zero-order chi connectivity index (χ0) is 13.1. The number of esters is 1. The van der Waals surface area contributed by atoms with E-state index in [0.717, 1.165) is 9.13 Å². The summed E-state index contributed by atoms with van der Waals surface area (Å²) in [6.45, 7) is 2.07. The Labute approximate surface area is 118 Å². The number of rotatable bonds is 3. The highest BCUT2D eigenvalue weighted by Gasteiger charge is 2.16. The van der Waals surface area contributed by atoms with Crippen LogP contribution in [0.1, 0.15) is 17.5 Å². The van der Waals surface area contributed by atoms with Crippen molar-refractivity contribution in [3.05, 3.63) is 33.7 Å². The van der Waals surface area contributed by atoms with Crippen molar-refractivity contribution in [1.29, 1.82) is 0 Å². The average Bonchev–Trinajstić information content (AvgIpc) is 2.73. The Morgan fingerprint density at radius 2 is 2.06 bits per heavy atom. The molecule has 0 aliphatic heterocycles. The first-order valence-electron chi connectivity index (χ1n) is 5.46. The maximum atomic E-state index is 11.5. The van der Waals surface area contributed by atoms with Crippen LogP contribution in [0.4, 0.5) is 0 Å². The molecule has 0 saturated heterocycles. The molecular weight excluding hydrogens is 345 g/mol. The molecule has 2 rings (SSSR count). The van der Waals surface area contributed by atoms with Crippen LogP contribution in [-0.2, 0) is 11.8 Å². The van der Waals surface area contributed by atoms with Crippen LogP contribution in [0.3, 0.4) is 0 Å². The van der Waals surface area contributed by atoms with Crippen LogP contribution in [0, 0.1) is 3.57 Å². The molecule has 0 amide bonds. The SMILES string of the molecule is CCOC(=O)c1nc(-c2ccc(I)cc2)n(C)n1. The Bertz CT molecular complexity index is 563. The average molecular weight is 357 g/mol. The molecule has 6 heteroatoms. The van der Waals surface area contributed by atoms with Gasteiger partial charge < -0.3 is 4.74 Å². The van der Waals surface area contributed by atoms with E-state index < -0.39 is 5.97 Å². The lowest BCUT2D eigenvalue weighted by molar-refractivity contribution is 0.0512. The second-order valence-corrected chi connectivity index (χ2v) is 4.86. The van der Waals surface area contributed by atoms with Gasteiger partial charge in [-0.05, 0) is 41.6 Å². The summed E-state index contributed by atoms with van der Waals surface area (Å²) in [5.41, 5.74) is 0.918. The number of nitrogens with zero attached hydrogens (tertiary/aromatic N) is 3. The molecule has 1 aromatic heterocycles. The van der Waals surface area contributed by atoms with Crippen LogP contribution in [0.5, 0.6) is 0 Å². The molecule has 0 N–H and O–H groups in total. The van der Waals surface area contributed by atoms with Crippen LogP contribution in [-0.4, -0.2) is 27.3 Å². The Balaban J connectivity index is 2.34. The van der Waals surface area contributed by atoms with E-state index in [-0.39, 0.29) is 5.82 Å².